The Balaban J connectivity index is 2.03. The summed E-state index contributed by atoms with van der Waals surface area (Å²) in [6, 6.07) is 8.53. The third-order valence-electron chi connectivity index (χ3n) is 3.29. The maximum Gasteiger partial charge on any atom is 0.0803 e. The van der Waals surface area contributed by atoms with Crippen LogP contribution in [0.15, 0.2) is 30.3 Å². The van der Waals surface area contributed by atoms with Crippen LogP contribution in [0.3, 0.4) is 0 Å². The Morgan fingerprint density at radius 3 is 2.69 bits per heavy atom. The molecule has 1 aromatic carbocycles. The van der Waals surface area contributed by atoms with Crippen LogP contribution in [0.1, 0.15) is 31.9 Å². The summed E-state index contributed by atoms with van der Waals surface area (Å²) in [6.45, 7) is 6.55. The van der Waals surface area contributed by atoms with E-state index in [1.807, 2.05) is 0 Å². The Hall–Kier alpha value is -1.08. The molecule has 0 N–H and O–H groups in total. The summed E-state index contributed by atoms with van der Waals surface area (Å²) in [4.78, 5) is 0. The van der Waals surface area contributed by atoms with E-state index in [2.05, 4.69) is 57.2 Å². The Bertz CT molecular complexity index is 379. The highest BCUT2D eigenvalue weighted by Gasteiger charge is 2.17. The highest BCUT2D eigenvalue weighted by atomic mass is 16.5. The van der Waals surface area contributed by atoms with Gasteiger partial charge in [0.1, 0.15) is 0 Å². The van der Waals surface area contributed by atoms with E-state index in [1.54, 1.807) is 0 Å². The van der Waals surface area contributed by atoms with Crippen LogP contribution < -0.4 is 0 Å². The van der Waals surface area contributed by atoms with Crippen LogP contribution in [0.25, 0.3) is 6.08 Å². The zero-order valence-electron chi connectivity index (χ0n) is 10.3. The smallest absolute Gasteiger partial charge is 0.0803 e. The molecule has 0 heterocycles. The van der Waals surface area contributed by atoms with E-state index in [4.69, 9.17) is 4.74 Å². The second-order valence-corrected chi connectivity index (χ2v) is 4.89. The van der Waals surface area contributed by atoms with Crippen molar-refractivity contribution in [2.24, 2.45) is 5.92 Å². The molecule has 0 saturated heterocycles. The lowest BCUT2D eigenvalue weighted by Gasteiger charge is -2.25. The highest BCUT2D eigenvalue weighted by molar-refractivity contribution is 5.57. The molecule has 1 aliphatic rings. The van der Waals surface area contributed by atoms with Crippen molar-refractivity contribution in [3.05, 3.63) is 41.5 Å². The minimum atomic E-state index is 0.243. The molecule has 86 valence electrons. The van der Waals surface area contributed by atoms with Crippen LogP contribution in [0, 0.1) is 5.92 Å². The summed E-state index contributed by atoms with van der Waals surface area (Å²) in [7, 11) is 0. The first kappa shape index (κ1) is 11.4. The summed E-state index contributed by atoms with van der Waals surface area (Å²) in [5, 5.41) is 0. The minimum Gasteiger partial charge on any atom is -0.371 e. The fourth-order valence-electron chi connectivity index (χ4n) is 1.90. The van der Waals surface area contributed by atoms with Gasteiger partial charge < -0.3 is 4.74 Å². The van der Waals surface area contributed by atoms with Gasteiger partial charge in [-0.25, -0.2) is 0 Å². The van der Waals surface area contributed by atoms with Gasteiger partial charge >= 0.3 is 0 Å². The molecule has 0 bridgehead atoms. The van der Waals surface area contributed by atoms with Crippen molar-refractivity contribution in [1.29, 1.82) is 0 Å². The largest absolute Gasteiger partial charge is 0.371 e. The van der Waals surface area contributed by atoms with Crippen molar-refractivity contribution in [1.82, 2.24) is 0 Å². The fraction of sp³-hybridized carbons (Fsp3) is 0.467. The number of hydrogen-bond acceptors (Lipinski definition) is 1. The monoisotopic (exact) mass is 216 g/mol. The van der Waals surface area contributed by atoms with E-state index >= 15 is 0 Å². The molecule has 1 heteroatoms. The molecule has 2 atom stereocenters. The molecule has 0 amide bonds. The molecule has 1 aromatic rings. The summed E-state index contributed by atoms with van der Waals surface area (Å²) in [5.41, 5.74) is 2.73. The van der Waals surface area contributed by atoms with Crippen molar-refractivity contribution < 1.29 is 4.74 Å². The second kappa shape index (κ2) is 4.84. The Labute approximate surface area is 98.1 Å². The van der Waals surface area contributed by atoms with Crippen LogP contribution in [0.5, 0.6) is 0 Å². The molecular weight excluding hydrogens is 196 g/mol. The van der Waals surface area contributed by atoms with Gasteiger partial charge in [-0.15, -0.1) is 0 Å². The van der Waals surface area contributed by atoms with Crippen molar-refractivity contribution >= 4 is 6.08 Å². The lowest BCUT2D eigenvalue weighted by molar-refractivity contribution is -0.00127. The average molecular weight is 216 g/mol. The van der Waals surface area contributed by atoms with Gasteiger partial charge in [-0.3, -0.25) is 0 Å². The van der Waals surface area contributed by atoms with Crippen LogP contribution in [0.4, 0.5) is 0 Å². The van der Waals surface area contributed by atoms with Crippen LogP contribution in [-0.2, 0) is 11.2 Å². The number of rotatable bonds is 3. The van der Waals surface area contributed by atoms with Gasteiger partial charge in [0, 0.05) is 6.42 Å². The molecule has 2 unspecified atom stereocenters. The standard InChI is InChI=1S/C15H20O/c1-11(2)12(3)16-15-9-8-13-6-4-5-7-14(13)10-15/h4-9,11-12,15H,10H2,1-3H3. The van der Waals surface area contributed by atoms with E-state index in [0.717, 1.165) is 6.42 Å². The summed E-state index contributed by atoms with van der Waals surface area (Å²) < 4.78 is 6.02. The van der Waals surface area contributed by atoms with E-state index in [0.29, 0.717) is 12.0 Å². The second-order valence-electron chi connectivity index (χ2n) is 4.89. The molecule has 1 aliphatic carbocycles. The van der Waals surface area contributed by atoms with E-state index in [9.17, 15) is 0 Å². The van der Waals surface area contributed by atoms with E-state index in [1.165, 1.54) is 11.1 Å². The zero-order chi connectivity index (χ0) is 11.5. The number of fused-ring (bicyclic) bond motifs is 1. The van der Waals surface area contributed by atoms with Gasteiger partial charge in [0.05, 0.1) is 12.2 Å². The van der Waals surface area contributed by atoms with Crippen molar-refractivity contribution in [2.75, 3.05) is 0 Å². The first-order chi connectivity index (χ1) is 7.66. The summed E-state index contributed by atoms with van der Waals surface area (Å²) in [6.07, 6.45) is 5.92. The lowest BCUT2D eigenvalue weighted by Crippen LogP contribution is -2.25. The number of hydrogen-bond donors (Lipinski definition) is 0. The van der Waals surface area contributed by atoms with Crippen molar-refractivity contribution in [3.8, 4) is 0 Å². The van der Waals surface area contributed by atoms with Crippen LogP contribution in [-0.4, -0.2) is 12.2 Å². The first-order valence-corrected chi connectivity index (χ1v) is 6.08. The predicted molar refractivity (Wildman–Crippen MR) is 68.4 cm³/mol. The summed E-state index contributed by atoms with van der Waals surface area (Å²) in [5.74, 6) is 0.575. The Kier molecular flexibility index (Phi) is 3.45. The lowest BCUT2D eigenvalue weighted by atomic mass is 9.95. The predicted octanol–water partition coefficient (Wildman–Crippen LogP) is 3.69. The fourth-order valence-corrected chi connectivity index (χ4v) is 1.90. The van der Waals surface area contributed by atoms with E-state index in [-0.39, 0.29) is 6.10 Å². The maximum absolute atomic E-state index is 6.02. The average Bonchev–Trinajstić information content (AvgIpc) is 2.28. The maximum atomic E-state index is 6.02. The number of ether oxygens (including phenoxy) is 1. The quantitative estimate of drug-likeness (QED) is 0.748. The van der Waals surface area contributed by atoms with Gasteiger partial charge in [-0.05, 0) is 24.0 Å². The van der Waals surface area contributed by atoms with Gasteiger partial charge in [0.25, 0.3) is 0 Å². The van der Waals surface area contributed by atoms with Gasteiger partial charge in [-0.1, -0.05) is 50.3 Å². The van der Waals surface area contributed by atoms with Crippen molar-refractivity contribution in [3.63, 3.8) is 0 Å². The van der Waals surface area contributed by atoms with E-state index < -0.39 is 0 Å². The zero-order valence-corrected chi connectivity index (χ0v) is 10.3. The topological polar surface area (TPSA) is 9.23 Å². The Morgan fingerprint density at radius 2 is 1.94 bits per heavy atom. The molecule has 0 aliphatic heterocycles. The van der Waals surface area contributed by atoms with Gasteiger partial charge in [0.2, 0.25) is 0 Å². The van der Waals surface area contributed by atoms with Gasteiger partial charge in [-0.2, -0.15) is 0 Å². The minimum absolute atomic E-state index is 0.243. The Morgan fingerprint density at radius 1 is 1.19 bits per heavy atom. The summed E-state index contributed by atoms with van der Waals surface area (Å²) >= 11 is 0. The molecule has 0 spiro atoms. The molecular formula is C15H20O. The molecule has 1 nitrogen and oxygen atoms in total. The SMILES string of the molecule is CC(C)C(C)OC1C=Cc2ccccc2C1. The van der Waals surface area contributed by atoms with Crippen LogP contribution >= 0.6 is 0 Å². The number of benzene rings is 1. The highest BCUT2D eigenvalue weighted by Crippen LogP contribution is 2.22. The third-order valence-corrected chi connectivity index (χ3v) is 3.29. The molecule has 2 rings (SSSR count). The first-order valence-electron chi connectivity index (χ1n) is 6.08. The van der Waals surface area contributed by atoms with Crippen molar-refractivity contribution in [2.45, 2.75) is 39.4 Å². The molecule has 0 radical (unpaired) electrons. The normalized spacial score (nSPS) is 20.9. The molecule has 16 heavy (non-hydrogen) atoms. The van der Waals surface area contributed by atoms with Gasteiger partial charge in [0.15, 0.2) is 0 Å². The molecule has 0 aromatic heterocycles. The molecule has 0 saturated carbocycles. The van der Waals surface area contributed by atoms with Crippen LogP contribution in [0.2, 0.25) is 0 Å². The third kappa shape index (κ3) is 2.53. The molecule has 0 fully saturated rings.